The lowest BCUT2D eigenvalue weighted by Gasteiger charge is -2.32. The lowest BCUT2D eigenvalue weighted by molar-refractivity contribution is -0.135. The number of nitrogens with zero attached hydrogens (tertiary/aromatic N) is 4. The van der Waals surface area contributed by atoms with Gasteiger partial charge in [-0.2, -0.15) is 9.29 Å². The molecule has 1 saturated carbocycles. The average molecular weight is 515 g/mol. The molecule has 3 aromatic rings. The van der Waals surface area contributed by atoms with Gasteiger partial charge in [-0.05, 0) is 44.2 Å². The molecule has 0 N–H and O–H groups in total. The number of benzene rings is 1. The van der Waals surface area contributed by atoms with Crippen LogP contribution in [0, 0.1) is 12.8 Å². The topological polar surface area (TPSA) is 96.6 Å². The molecular formula is C25H30N4O4S2. The van der Waals surface area contributed by atoms with Crippen molar-refractivity contribution in [1.29, 1.82) is 0 Å². The molecule has 8 nitrogen and oxygen atoms in total. The van der Waals surface area contributed by atoms with Crippen molar-refractivity contribution in [2.75, 3.05) is 20.1 Å². The van der Waals surface area contributed by atoms with E-state index in [0.29, 0.717) is 64.8 Å². The van der Waals surface area contributed by atoms with Crippen LogP contribution in [0.15, 0.2) is 45.8 Å². The molecule has 35 heavy (non-hydrogen) atoms. The van der Waals surface area contributed by atoms with Gasteiger partial charge in [0.1, 0.15) is 0 Å². The Kier molecular flexibility index (Phi) is 6.78. The Bertz CT molecular complexity index is 1290. The first-order valence-corrected chi connectivity index (χ1v) is 14.3. The maximum absolute atomic E-state index is 13.4. The van der Waals surface area contributed by atoms with E-state index in [2.05, 4.69) is 10.1 Å². The summed E-state index contributed by atoms with van der Waals surface area (Å²) >= 11 is 1.37. The SMILES string of the molecule is Cc1sc(-c2noc(C3CCC3)n2)cc1S(=O)(=O)N1CCC(C(=O)N(C)Cc2ccccc2)CC1. The van der Waals surface area contributed by atoms with E-state index in [1.807, 2.05) is 44.3 Å². The van der Waals surface area contributed by atoms with Crippen molar-refractivity contribution in [2.24, 2.45) is 5.92 Å². The molecule has 0 unspecified atom stereocenters. The van der Waals surface area contributed by atoms with Gasteiger partial charge in [-0.3, -0.25) is 4.79 Å². The Balaban J connectivity index is 1.23. The third kappa shape index (κ3) is 4.92. The van der Waals surface area contributed by atoms with Crippen molar-refractivity contribution in [2.45, 2.75) is 56.4 Å². The number of amides is 1. The van der Waals surface area contributed by atoms with E-state index in [1.54, 1.807) is 11.0 Å². The predicted molar refractivity (Wildman–Crippen MR) is 133 cm³/mol. The zero-order valence-electron chi connectivity index (χ0n) is 20.0. The fraction of sp³-hybridized carbons (Fsp3) is 0.480. The Morgan fingerprint density at radius 3 is 2.54 bits per heavy atom. The summed E-state index contributed by atoms with van der Waals surface area (Å²) in [7, 11) is -1.86. The van der Waals surface area contributed by atoms with Crippen LogP contribution in [0.25, 0.3) is 10.7 Å². The van der Waals surface area contributed by atoms with Crippen LogP contribution in [0.3, 0.4) is 0 Å². The van der Waals surface area contributed by atoms with Gasteiger partial charge in [0.25, 0.3) is 0 Å². The van der Waals surface area contributed by atoms with E-state index in [-0.39, 0.29) is 11.8 Å². The highest BCUT2D eigenvalue weighted by Gasteiger charge is 2.35. The number of hydrogen-bond acceptors (Lipinski definition) is 7. The zero-order chi connectivity index (χ0) is 24.6. The number of piperidine rings is 1. The van der Waals surface area contributed by atoms with E-state index in [1.165, 1.54) is 22.1 Å². The maximum atomic E-state index is 13.4. The van der Waals surface area contributed by atoms with Gasteiger partial charge in [-0.25, -0.2) is 8.42 Å². The summed E-state index contributed by atoms with van der Waals surface area (Å²) in [6, 6.07) is 11.5. The lowest BCUT2D eigenvalue weighted by atomic mass is 9.85. The monoisotopic (exact) mass is 514 g/mol. The predicted octanol–water partition coefficient (Wildman–Crippen LogP) is 4.43. The summed E-state index contributed by atoms with van der Waals surface area (Å²) in [5.74, 6) is 1.33. The Morgan fingerprint density at radius 2 is 1.89 bits per heavy atom. The minimum atomic E-state index is -3.67. The minimum Gasteiger partial charge on any atom is -0.341 e. The molecule has 5 rings (SSSR count). The van der Waals surface area contributed by atoms with E-state index >= 15 is 0 Å². The van der Waals surface area contributed by atoms with Crippen molar-refractivity contribution < 1.29 is 17.7 Å². The smallest absolute Gasteiger partial charge is 0.244 e. The molecule has 2 aliphatic rings. The fourth-order valence-corrected chi connectivity index (χ4v) is 7.67. The van der Waals surface area contributed by atoms with Gasteiger partial charge < -0.3 is 9.42 Å². The molecule has 0 bridgehead atoms. The summed E-state index contributed by atoms with van der Waals surface area (Å²) in [6.07, 6.45) is 4.33. The number of aromatic nitrogens is 2. The molecule has 0 radical (unpaired) electrons. The third-order valence-corrected chi connectivity index (χ3v) is 10.2. The highest BCUT2D eigenvalue weighted by atomic mass is 32.2. The quantitative estimate of drug-likeness (QED) is 0.463. The van der Waals surface area contributed by atoms with Gasteiger partial charge in [0, 0.05) is 43.4 Å². The van der Waals surface area contributed by atoms with Gasteiger partial charge in [-0.1, -0.05) is 41.9 Å². The van der Waals surface area contributed by atoms with Crippen LogP contribution in [-0.2, 0) is 21.4 Å². The number of carbonyl (C=O) groups excluding carboxylic acids is 1. The molecule has 10 heteroatoms. The number of carbonyl (C=O) groups is 1. The summed E-state index contributed by atoms with van der Waals surface area (Å²) < 4.78 is 33.8. The molecule has 0 atom stereocenters. The number of rotatable bonds is 7. The molecule has 3 heterocycles. The molecular weight excluding hydrogens is 484 g/mol. The van der Waals surface area contributed by atoms with Gasteiger partial charge in [0.05, 0.1) is 9.77 Å². The van der Waals surface area contributed by atoms with Crippen molar-refractivity contribution in [3.63, 3.8) is 0 Å². The van der Waals surface area contributed by atoms with Crippen LogP contribution >= 0.6 is 11.3 Å². The highest BCUT2D eigenvalue weighted by Crippen LogP contribution is 2.38. The highest BCUT2D eigenvalue weighted by molar-refractivity contribution is 7.89. The van der Waals surface area contributed by atoms with Crippen LogP contribution in [-0.4, -0.2) is 53.8 Å². The molecule has 1 amide bonds. The van der Waals surface area contributed by atoms with E-state index < -0.39 is 10.0 Å². The molecule has 1 aliphatic heterocycles. The Labute approximate surface area is 210 Å². The largest absolute Gasteiger partial charge is 0.341 e. The van der Waals surface area contributed by atoms with Crippen molar-refractivity contribution in [3.8, 4) is 10.7 Å². The molecule has 1 aliphatic carbocycles. The van der Waals surface area contributed by atoms with E-state index in [0.717, 1.165) is 18.4 Å². The zero-order valence-corrected chi connectivity index (χ0v) is 21.6. The first-order valence-electron chi connectivity index (χ1n) is 12.1. The fourth-order valence-electron chi connectivity index (χ4n) is 4.72. The standard InChI is InChI=1S/C25H30N4O4S2/c1-17-22(15-21(34-17)23-26-24(33-27-23)19-9-6-10-19)35(31,32)29-13-11-20(12-14-29)25(30)28(2)16-18-7-4-3-5-8-18/h3-5,7-8,15,19-20H,6,9-14,16H2,1-2H3. The van der Waals surface area contributed by atoms with Crippen LogP contribution in [0.1, 0.15) is 54.4 Å². The molecule has 2 fully saturated rings. The molecule has 0 spiro atoms. The van der Waals surface area contributed by atoms with Gasteiger partial charge in [0.15, 0.2) is 0 Å². The summed E-state index contributed by atoms with van der Waals surface area (Å²) in [6.45, 7) is 3.02. The number of thiophene rings is 1. The third-order valence-electron chi connectivity index (χ3n) is 7.05. The molecule has 1 saturated heterocycles. The van der Waals surface area contributed by atoms with Crippen LogP contribution in [0.5, 0.6) is 0 Å². The first-order chi connectivity index (χ1) is 16.8. The minimum absolute atomic E-state index is 0.0688. The Hall–Kier alpha value is -2.56. The van der Waals surface area contributed by atoms with Gasteiger partial charge in [-0.15, -0.1) is 11.3 Å². The van der Waals surface area contributed by atoms with E-state index in [4.69, 9.17) is 4.52 Å². The molecule has 2 aromatic heterocycles. The first kappa shape index (κ1) is 24.1. The number of aryl methyl sites for hydroxylation is 1. The van der Waals surface area contributed by atoms with Gasteiger partial charge >= 0.3 is 0 Å². The summed E-state index contributed by atoms with van der Waals surface area (Å²) in [4.78, 5) is 20.9. The maximum Gasteiger partial charge on any atom is 0.244 e. The lowest BCUT2D eigenvalue weighted by Crippen LogP contribution is -2.43. The second kappa shape index (κ2) is 9.83. The van der Waals surface area contributed by atoms with E-state index in [9.17, 15) is 13.2 Å². The number of hydrogen-bond donors (Lipinski definition) is 0. The second-order valence-corrected chi connectivity index (χ2v) is 12.6. The van der Waals surface area contributed by atoms with Crippen molar-refractivity contribution in [3.05, 3.63) is 52.7 Å². The molecule has 186 valence electrons. The second-order valence-electron chi connectivity index (χ2n) is 9.47. The summed E-state index contributed by atoms with van der Waals surface area (Å²) in [5.41, 5.74) is 1.08. The van der Waals surface area contributed by atoms with Crippen molar-refractivity contribution in [1.82, 2.24) is 19.3 Å². The number of sulfonamides is 1. The van der Waals surface area contributed by atoms with Crippen LogP contribution < -0.4 is 0 Å². The van der Waals surface area contributed by atoms with Crippen molar-refractivity contribution >= 4 is 27.3 Å². The Morgan fingerprint density at radius 1 is 1.17 bits per heavy atom. The summed E-state index contributed by atoms with van der Waals surface area (Å²) in [5, 5.41) is 4.09. The van der Waals surface area contributed by atoms with Crippen LogP contribution in [0.2, 0.25) is 0 Å². The average Bonchev–Trinajstić information content (AvgIpc) is 3.45. The molecule has 1 aromatic carbocycles. The van der Waals surface area contributed by atoms with Crippen LogP contribution in [0.4, 0.5) is 0 Å². The normalized spacial score (nSPS) is 17.9. The van der Waals surface area contributed by atoms with Gasteiger partial charge in [0.2, 0.25) is 27.6 Å².